The second-order valence-electron chi connectivity index (χ2n) is 4.92. The molecule has 0 aliphatic rings. The topological polar surface area (TPSA) is 153 Å². The van der Waals surface area contributed by atoms with Crippen molar-refractivity contribution in [2.24, 2.45) is 0 Å². The van der Waals surface area contributed by atoms with E-state index in [0.29, 0.717) is 0 Å². The van der Waals surface area contributed by atoms with Crippen molar-refractivity contribution < 1.29 is 53.6 Å². The van der Waals surface area contributed by atoms with Gasteiger partial charge in [-0.25, -0.2) is 4.79 Å². The maximum Gasteiger partial charge on any atom is 0.509 e. The van der Waals surface area contributed by atoms with Crippen molar-refractivity contribution in [1.29, 1.82) is 0 Å². The van der Waals surface area contributed by atoms with Gasteiger partial charge in [0, 0.05) is 0 Å². The van der Waals surface area contributed by atoms with Crippen molar-refractivity contribution in [2.45, 2.75) is 12.2 Å². The molecule has 0 aromatic rings. The first-order valence-corrected chi connectivity index (χ1v) is 8.29. The Hall–Kier alpha value is -1.05. The quantitative estimate of drug-likeness (QED) is 0.151. The van der Waals surface area contributed by atoms with Crippen LogP contribution in [0, 0.1) is 0 Å². The summed E-state index contributed by atoms with van der Waals surface area (Å²) < 4.78 is 30.6. The van der Waals surface area contributed by atoms with Gasteiger partial charge in [-0.1, -0.05) is 0 Å². The Kier molecular flexibility index (Phi) is 18.0. The molecule has 0 saturated heterocycles. The number of hydrogen-bond donors (Lipinski definition) is 4. The van der Waals surface area contributed by atoms with E-state index in [0.717, 1.165) is 0 Å². The summed E-state index contributed by atoms with van der Waals surface area (Å²) in [6.45, 7) is -0.514. The Bertz CT molecular complexity index is 268. The summed E-state index contributed by atoms with van der Waals surface area (Å²) in [5.74, 6) is 0. The van der Waals surface area contributed by atoms with Gasteiger partial charge in [-0.15, -0.1) is 0 Å². The van der Waals surface area contributed by atoms with Gasteiger partial charge in [0.05, 0.1) is 79.3 Å². The van der Waals surface area contributed by atoms with Gasteiger partial charge in [-0.2, -0.15) is 0 Å². The first-order chi connectivity index (χ1) is 12.7. The van der Waals surface area contributed by atoms with Gasteiger partial charge in [0.15, 0.2) is 12.2 Å². The van der Waals surface area contributed by atoms with Crippen LogP contribution in [0.5, 0.6) is 0 Å². The number of aliphatic hydroxyl groups excluding tert-OH is 4. The van der Waals surface area contributed by atoms with Crippen LogP contribution in [-0.4, -0.2) is 118 Å². The maximum absolute atomic E-state index is 11.9. The zero-order valence-electron chi connectivity index (χ0n) is 14.8. The zero-order valence-corrected chi connectivity index (χ0v) is 14.8. The standard InChI is InChI=1S/C15H30O11/c16-1-5-21-9-13(10-22-6-2-17)25-15(20)26-14(11-23-7-3-18)12-24-8-4-19/h13-14,16-19H,1-12H2. The second-order valence-corrected chi connectivity index (χ2v) is 4.92. The summed E-state index contributed by atoms with van der Waals surface area (Å²) in [6.07, 6.45) is -2.59. The Labute approximate surface area is 152 Å². The van der Waals surface area contributed by atoms with Gasteiger partial charge in [-0.3, -0.25) is 0 Å². The highest BCUT2D eigenvalue weighted by molar-refractivity contribution is 5.60. The van der Waals surface area contributed by atoms with Crippen molar-refractivity contribution in [3.05, 3.63) is 0 Å². The van der Waals surface area contributed by atoms with Gasteiger partial charge in [-0.05, 0) is 0 Å². The fourth-order valence-electron chi connectivity index (χ4n) is 1.65. The van der Waals surface area contributed by atoms with Crippen molar-refractivity contribution in [3.63, 3.8) is 0 Å². The van der Waals surface area contributed by atoms with Gasteiger partial charge in [0.2, 0.25) is 0 Å². The number of hydrogen-bond acceptors (Lipinski definition) is 11. The van der Waals surface area contributed by atoms with Crippen LogP contribution in [0.25, 0.3) is 0 Å². The lowest BCUT2D eigenvalue weighted by atomic mass is 10.4. The van der Waals surface area contributed by atoms with E-state index in [-0.39, 0.29) is 79.3 Å². The largest absolute Gasteiger partial charge is 0.509 e. The summed E-state index contributed by atoms with van der Waals surface area (Å²) in [7, 11) is 0. The van der Waals surface area contributed by atoms with E-state index >= 15 is 0 Å². The van der Waals surface area contributed by atoms with Crippen LogP contribution in [0.4, 0.5) is 4.79 Å². The number of aliphatic hydroxyl groups is 4. The molecular formula is C15H30O11. The predicted octanol–water partition coefficient (Wildman–Crippen LogP) is -2.09. The van der Waals surface area contributed by atoms with Crippen molar-refractivity contribution >= 4 is 6.16 Å². The first kappa shape index (κ1) is 24.9. The van der Waals surface area contributed by atoms with Crippen LogP contribution < -0.4 is 0 Å². The molecule has 0 heterocycles. The highest BCUT2D eigenvalue weighted by atomic mass is 16.7. The molecular weight excluding hydrogens is 356 g/mol. The third kappa shape index (κ3) is 15.2. The maximum atomic E-state index is 11.9. The van der Waals surface area contributed by atoms with Crippen LogP contribution in [0.15, 0.2) is 0 Å². The lowest BCUT2D eigenvalue weighted by Gasteiger charge is -2.21. The van der Waals surface area contributed by atoms with Gasteiger partial charge < -0.3 is 48.8 Å². The van der Waals surface area contributed by atoms with E-state index in [9.17, 15) is 4.79 Å². The minimum atomic E-state index is -1.000. The molecule has 0 amide bonds. The molecule has 26 heavy (non-hydrogen) atoms. The second kappa shape index (κ2) is 18.7. The molecule has 0 radical (unpaired) electrons. The number of rotatable bonds is 18. The molecule has 0 fully saturated rings. The lowest BCUT2D eigenvalue weighted by Crippen LogP contribution is -2.34. The monoisotopic (exact) mass is 386 g/mol. The molecule has 0 aromatic heterocycles. The Morgan fingerprint density at radius 3 is 1.08 bits per heavy atom. The summed E-state index contributed by atoms with van der Waals surface area (Å²) in [5, 5.41) is 34.9. The fourth-order valence-corrected chi connectivity index (χ4v) is 1.65. The van der Waals surface area contributed by atoms with Gasteiger partial charge >= 0.3 is 6.16 Å². The summed E-state index contributed by atoms with van der Waals surface area (Å²) in [5.41, 5.74) is 0. The van der Waals surface area contributed by atoms with Crippen molar-refractivity contribution in [1.82, 2.24) is 0 Å². The number of carbonyl (C=O) groups is 1. The third-order valence-corrected chi connectivity index (χ3v) is 2.68. The Morgan fingerprint density at radius 1 is 0.577 bits per heavy atom. The van der Waals surface area contributed by atoms with E-state index in [1.165, 1.54) is 0 Å². The smallest absolute Gasteiger partial charge is 0.426 e. The minimum absolute atomic E-state index is 0.0201. The molecule has 0 aliphatic carbocycles. The molecule has 156 valence electrons. The van der Waals surface area contributed by atoms with E-state index < -0.39 is 18.4 Å². The highest BCUT2D eigenvalue weighted by Gasteiger charge is 2.21. The molecule has 0 aliphatic heterocycles. The molecule has 4 N–H and O–H groups in total. The average Bonchev–Trinajstić information content (AvgIpc) is 2.62. The summed E-state index contributed by atoms with van der Waals surface area (Å²) in [6, 6.07) is 0. The highest BCUT2D eigenvalue weighted by Crippen LogP contribution is 2.03. The van der Waals surface area contributed by atoms with Crippen molar-refractivity contribution in [2.75, 3.05) is 79.3 Å². The normalized spacial score (nSPS) is 11.3. The van der Waals surface area contributed by atoms with Gasteiger partial charge in [0.25, 0.3) is 0 Å². The average molecular weight is 386 g/mol. The SMILES string of the molecule is O=C(OC(COCCO)COCCO)OC(COCCO)COCCO. The molecule has 0 atom stereocenters. The molecule has 0 spiro atoms. The number of ether oxygens (including phenoxy) is 6. The lowest BCUT2D eigenvalue weighted by molar-refractivity contribution is -0.0883. The van der Waals surface area contributed by atoms with Crippen LogP contribution >= 0.6 is 0 Å². The van der Waals surface area contributed by atoms with Crippen LogP contribution in [0.1, 0.15) is 0 Å². The molecule has 0 saturated carbocycles. The van der Waals surface area contributed by atoms with E-state index in [2.05, 4.69) is 0 Å². The van der Waals surface area contributed by atoms with E-state index in [1.807, 2.05) is 0 Å². The van der Waals surface area contributed by atoms with Crippen molar-refractivity contribution in [3.8, 4) is 0 Å². The predicted molar refractivity (Wildman–Crippen MR) is 86.8 cm³/mol. The zero-order chi connectivity index (χ0) is 19.5. The Balaban J connectivity index is 4.41. The fraction of sp³-hybridized carbons (Fsp3) is 0.933. The number of carbonyl (C=O) groups excluding carboxylic acids is 1. The Morgan fingerprint density at radius 2 is 0.846 bits per heavy atom. The van der Waals surface area contributed by atoms with Crippen LogP contribution in [0.3, 0.4) is 0 Å². The molecule has 0 aromatic carbocycles. The van der Waals surface area contributed by atoms with Gasteiger partial charge in [0.1, 0.15) is 0 Å². The molecule has 11 heteroatoms. The first-order valence-electron chi connectivity index (χ1n) is 8.29. The third-order valence-electron chi connectivity index (χ3n) is 2.68. The summed E-state index contributed by atoms with van der Waals surface area (Å²) in [4.78, 5) is 11.9. The molecule has 11 nitrogen and oxygen atoms in total. The molecule has 0 unspecified atom stereocenters. The van der Waals surface area contributed by atoms with E-state index in [1.54, 1.807) is 0 Å². The van der Waals surface area contributed by atoms with Crippen LogP contribution in [0.2, 0.25) is 0 Å². The summed E-state index contributed by atoms with van der Waals surface area (Å²) >= 11 is 0. The van der Waals surface area contributed by atoms with Crippen LogP contribution in [-0.2, 0) is 28.4 Å². The molecule has 0 bridgehead atoms. The van der Waals surface area contributed by atoms with E-state index in [4.69, 9.17) is 48.8 Å². The minimum Gasteiger partial charge on any atom is -0.426 e. The molecule has 0 rings (SSSR count).